The highest BCUT2D eigenvalue weighted by Crippen LogP contribution is 2.35. The Morgan fingerprint density at radius 3 is 2.41 bits per heavy atom. The van der Waals surface area contributed by atoms with Crippen LogP contribution in [0.4, 0.5) is 22.0 Å². The summed E-state index contributed by atoms with van der Waals surface area (Å²) in [5.41, 5.74) is -2.44. The average Bonchev–Trinajstić information content (AvgIpc) is 2.19. The molecule has 0 unspecified atom stereocenters. The van der Waals surface area contributed by atoms with Crippen molar-refractivity contribution < 1.29 is 22.0 Å². The Morgan fingerprint density at radius 2 is 2.00 bits per heavy atom. The highest BCUT2D eigenvalue weighted by Gasteiger charge is 2.35. The standard InChI is InChI=1S/C9H4F5IN2/c10-8(11)6-3-4(9(12,13)14)7(15)5(17-6)1-2-16/h3,8H,1H2. The Hall–Kier alpha value is -0.980. The van der Waals surface area contributed by atoms with Crippen molar-refractivity contribution in [2.45, 2.75) is 19.0 Å². The second-order valence-corrected chi connectivity index (χ2v) is 4.07. The van der Waals surface area contributed by atoms with E-state index in [4.69, 9.17) is 5.26 Å². The molecule has 0 radical (unpaired) electrons. The molecule has 1 heterocycles. The molecule has 0 bridgehead atoms. The van der Waals surface area contributed by atoms with Crippen LogP contribution >= 0.6 is 22.6 Å². The van der Waals surface area contributed by atoms with Crippen molar-refractivity contribution in [3.63, 3.8) is 0 Å². The number of nitriles is 1. The summed E-state index contributed by atoms with van der Waals surface area (Å²) in [4.78, 5) is 3.36. The smallest absolute Gasteiger partial charge is 0.250 e. The normalized spacial score (nSPS) is 11.6. The number of nitrogens with zero attached hydrogens (tertiary/aromatic N) is 2. The molecule has 0 aliphatic carbocycles. The number of rotatable bonds is 2. The number of hydrogen-bond donors (Lipinski definition) is 0. The fourth-order valence-electron chi connectivity index (χ4n) is 1.11. The van der Waals surface area contributed by atoms with Gasteiger partial charge in [0.1, 0.15) is 5.69 Å². The molecular formula is C9H4F5IN2. The fraction of sp³-hybridized carbons (Fsp3) is 0.333. The van der Waals surface area contributed by atoms with E-state index < -0.39 is 30.3 Å². The molecule has 0 aliphatic heterocycles. The molecule has 1 aromatic rings. The van der Waals surface area contributed by atoms with Gasteiger partial charge in [0.25, 0.3) is 6.43 Å². The third-order valence-electron chi connectivity index (χ3n) is 1.82. The number of hydrogen-bond acceptors (Lipinski definition) is 2. The molecule has 1 rings (SSSR count). The summed E-state index contributed by atoms with van der Waals surface area (Å²) in [6.07, 6.45) is -8.29. The number of pyridine rings is 1. The van der Waals surface area contributed by atoms with Gasteiger partial charge in [0, 0.05) is 3.57 Å². The molecule has 2 nitrogen and oxygen atoms in total. The molecular weight excluding hydrogens is 358 g/mol. The van der Waals surface area contributed by atoms with Crippen LogP contribution in [-0.2, 0) is 12.6 Å². The van der Waals surface area contributed by atoms with Gasteiger partial charge in [-0.25, -0.2) is 13.8 Å². The Kier molecular flexibility index (Phi) is 4.24. The fourth-order valence-corrected chi connectivity index (χ4v) is 1.89. The van der Waals surface area contributed by atoms with Gasteiger partial charge in [0.05, 0.1) is 23.7 Å². The van der Waals surface area contributed by atoms with E-state index in [0.29, 0.717) is 6.07 Å². The van der Waals surface area contributed by atoms with Gasteiger partial charge in [-0.15, -0.1) is 0 Å². The second-order valence-electron chi connectivity index (χ2n) is 2.99. The first-order valence-corrected chi connectivity index (χ1v) is 5.27. The molecule has 0 N–H and O–H groups in total. The van der Waals surface area contributed by atoms with Gasteiger partial charge < -0.3 is 0 Å². The molecule has 1 aromatic heterocycles. The first-order chi connectivity index (χ1) is 7.77. The first-order valence-electron chi connectivity index (χ1n) is 4.19. The van der Waals surface area contributed by atoms with E-state index in [9.17, 15) is 22.0 Å². The molecule has 0 spiro atoms. The van der Waals surface area contributed by atoms with Gasteiger partial charge >= 0.3 is 6.18 Å². The minimum absolute atomic E-state index is 0.279. The molecule has 0 saturated heterocycles. The van der Waals surface area contributed by atoms with Gasteiger partial charge in [0.2, 0.25) is 0 Å². The van der Waals surface area contributed by atoms with Crippen LogP contribution in [0.25, 0.3) is 0 Å². The van der Waals surface area contributed by atoms with E-state index >= 15 is 0 Å². The van der Waals surface area contributed by atoms with E-state index in [0.717, 1.165) is 0 Å². The van der Waals surface area contributed by atoms with E-state index in [2.05, 4.69) is 4.98 Å². The summed E-state index contributed by atoms with van der Waals surface area (Å²) in [6, 6.07) is 1.90. The van der Waals surface area contributed by atoms with Crippen molar-refractivity contribution in [2.24, 2.45) is 0 Å². The van der Waals surface area contributed by atoms with Gasteiger partial charge in [-0.05, 0) is 28.7 Å². The van der Waals surface area contributed by atoms with Crippen molar-refractivity contribution in [3.8, 4) is 6.07 Å². The first kappa shape index (κ1) is 14.1. The summed E-state index contributed by atoms with van der Waals surface area (Å²) in [5, 5.41) is 8.41. The second kappa shape index (κ2) is 5.12. The summed E-state index contributed by atoms with van der Waals surface area (Å²) in [5.74, 6) is 0. The summed E-state index contributed by atoms with van der Waals surface area (Å²) in [6.45, 7) is 0. The van der Waals surface area contributed by atoms with Gasteiger partial charge in [-0.1, -0.05) is 0 Å². The predicted molar refractivity (Wildman–Crippen MR) is 56.2 cm³/mol. The Morgan fingerprint density at radius 1 is 1.41 bits per heavy atom. The van der Waals surface area contributed by atoms with Crippen LogP contribution < -0.4 is 0 Å². The van der Waals surface area contributed by atoms with Crippen LogP contribution in [0, 0.1) is 14.9 Å². The lowest BCUT2D eigenvalue weighted by molar-refractivity contribution is -0.138. The molecule has 0 atom stereocenters. The van der Waals surface area contributed by atoms with Crippen molar-refractivity contribution in [2.75, 3.05) is 0 Å². The van der Waals surface area contributed by atoms with Crippen molar-refractivity contribution in [3.05, 3.63) is 26.6 Å². The Labute approximate surface area is 107 Å². The monoisotopic (exact) mass is 362 g/mol. The molecule has 0 aromatic carbocycles. The molecule has 0 saturated carbocycles. The van der Waals surface area contributed by atoms with Crippen molar-refractivity contribution in [1.29, 1.82) is 5.26 Å². The zero-order valence-corrected chi connectivity index (χ0v) is 10.2. The van der Waals surface area contributed by atoms with Crippen LogP contribution in [-0.4, -0.2) is 4.98 Å². The summed E-state index contributed by atoms with van der Waals surface area (Å²) in [7, 11) is 0. The third kappa shape index (κ3) is 3.24. The molecule has 0 aliphatic rings. The Bertz CT molecular complexity index is 464. The molecule has 0 fully saturated rings. The van der Waals surface area contributed by atoms with Gasteiger partial charge in [0.15, 0.2) is 0 Å². The van der Waals surface area contributed by atoms with Gasteiger partial charge in [-0.2, -0.15) is 18.4 Å². The minimum Gasteiger partial charge on any atom is -0.250 e. The maximum absolute atomic E-state index is 12.6. The Balaban J connectivity index is 3.44. The number of alkyl halides is 5. The van der Waals surface area contributed by atoms with Crippen LogP contribution in [0.1, 0.15) is 23.4 Å². The van der Waals surface area contributed by atoms with E-state index in [1.807, 2.05) is 0 Å². The van der Waals surface area contributed by atoms with E-state index in [1.54, 1.807) is 6.07 Å². The molecule has 8 heteroatoms. The molecule has 92 valence electrons. The SMILES string of the molecule is N#CCc1nc(C(F)F)cc(C(F)(F)F)c1I. The predicted octanol–water partition coefficient (Wildman–Crippen LogP) is 3.71. The lowest BCUT2D eigenvalue weighted by Gasteiger charge is -2.13. The largest absolute Gasteiger partial charge is 0.417 e. The maximum Gasteiger partial charge on any atom is 0.417 e. The van der Waals surface area contributed by atoms with Crippen molar-refractivity contribution >= 4 is 22.6 Å². The van der Waals surface area contributed by atoms with Crippen LogP contribution in [0.5, 0.6) is 0 Å². The average molecular weight is 362 g/mol. The lowest BCUT2D eigenvalue weighted by atomic mass is 10.1. The van der Waals surface area contributed by atoms with Crippen molar-refractivity contribution in [1.82, 2.24) is 4.98 Å². The van der Waals surface area contributed by atoms with Gasteiger partial charge in [-0.3, -0.25) is 0 Å². The zero-order valence-electron chi connectivity index (χ0n) is 8.02. The van der Waals surface area contributed by atoms with E-state index in [1.165, 1.54) is 22.6 Å². The highest BCUT2D eigenvalue weighted by atomic mass is 127. The highest BCUT2D eigenvalue weighted by molar-refractivity contribution is 14.1. The number of aromatic nitrogens is 1. The maximum atomic E-state index is 12.6. The molecule has 17 heavy (non-hydrogen) atoms. The lowest BCUT2D eigenvalue weighted by Crippen LogP contribution is -2.12. The third-order valence-corrected chi connectivity index (χ3v) is 3.03. The summed E-state index contributed by atoms with van der Waals surface area (Å²) >= 11 is 1.35. The van der Waals surface area contributed by atoms with Crippen LogP contribution in [0.15, 0.2) is 6.07 Å². The van der Waals surface area contributed by atoms with E-state index in [-0.39, 0.29) is 9.26 Å². The quantitative estimate of drug-likeness (QED) is 0.594. The minimum atomic E-state index is -4.74. The zero-order chi connectivity index (χ0) is 13.2. The van der Waals surface area contributed by atoms with Crippen LogP contribution in [0.3, 0.4) is 0 Å². The number of halogens is 6. The molecule has 0 amide bonds. The summed E-state index contributed by atoms with van der Waals surface area (Å²) < 4.78 is 62.1. The van der Waals surface area contributed by atoms with Crippen LogP contribution in [0.2, 0.25) is 0 Å². The topological polar surface area (TPSA) is 36.7 Å².